The molecule has 7 rings (SSSR count). The van der Waals surface area contributed by atoms with Crippen LogP contribution in [-0.4, -0.2) is 132 Å². The van der Waals surface area contributed by atoms with E-state index in [1.165, 1.54) is 11.1 Å². The number of anilines is 2. The van der Waals surface area contributed by atoms with Crippen LogP contribution in [0.4, 0.5) is 17.1 Å². The van der Waals surface area contributed by atoms with E-state index in [0.29, 0.717) is 18.5 Å². The summed E-state index contributed by atoms with van der Waals surface area (Å²) in [5.41, 5.74) is 15.7. The molecule has 0 saturated carbocycles. The molecule has 0 N–H and O–H groups in total. The number of likely N-dealkylation sites (tertiary alicyclic amines) is 2. The first-order valence-corrected chi connectivity index (χ1v) is 24.1. The first-order valence-electron chi connectivity index (χ1n) is 24.1. The lowest BCUT2D eigenvalue weighted by Gasteiger charge is -2.38. The van der Waals surface area contributed by atoms with Crippen LogP contribution < -0.4 is 9.80 Å². The van der Waals surface area contributed by atoms with Crippen molar-refractivity contribution in [3.05, 3.63) is 143 Å². The van der Waals surface area contributed by atoms with Crippen LogP contribution in [0.3, 0.4) is 0 Å². The number of carbonyl (C=O) groups is 2. The van der Waals surface area contributed by atoms with Crippen LogP contribution in [0.25, 0.3) is 16.1 Å². The van der Waals surface area contributed by atoms with Gasteiger partial charge in [0.15, 0.2) is 0 Å². The molecule has 0 bridgehead atoms. The SMILES string of the molecule is C#CCN(C)C.CCC(=O)N(c1ccccc1)C1CCN(CCc2ccc(-n3cc(CN(C)C)nn3)cc2)CC1.CCC(=O)N(c1ccccc1)C1CCN(CCc2ccc(N=[N+]=[N-])cc2)CC1. The first-order chi connectivity index (χ1) is 33.0. The average molecular weight is 921 g/mol. The molecule has 2 saturated heterocycles. The Labute approximate surface area is 405 Å². The molecule has 0 aliphatic carbocycles. The molecule has 14 nitrogen and oxygen atoms in total. The van der Waals surface area contributed by atoms with Gasteiger partial charge in [0, 0.05) is 92.7 Å². The minimum Gasteiger partial charge on any atom is -0.309 e. The largest absolute Gasteiger partial charge is 0.309 e. The Kier molecular flexibility index (Phi) is 21.8. The van der Waals surface area contributed by atoms with E-state index < -0.39 is 0 Å². The van der Waals surface area contributed by atoms with Crippen molar-refractivity contribution < 1.29 is 9.59 Å². The fraction of sp³-hybridized carbons (Fsp3) is 0.444. The number of aromatic nitrogens is 3. The van der Waals surface area contributed by atoms with Gasteiger partial charge in [0.2, 0.25) is 11.8 Å². The molecule has 2 aliphatic rings. The van der Waals surface area contributed by atoms with E-state index in [1.807, 2.05) is 153 Å². The van der Waals surface area contributed by atoms with Gasteiger partial charge < -0.3 is 24.5 Å². The van der Waals surface area contributed by atoms with E-state index in [-0.39, 0.29) is 23.9 Å². The lowest BCUT2D eigenvalue weighted by molar-refractivity contribution is -0.119. The average Bonchev–Trinajstić information content (AvgIpc) is 3.83. The molecule has 14 heteroatoms. The molecule has 0 atom stereocenters. The number of piperidine rings is 2. The summed E-state index contributed by atoms with van der Waals surface area (Å²) in [7, 11) is 7.94. The molecule has 360 valence electrons. The van der Waals surface area contributed by atoms with Crippen molar-refractivity contribution in [2.75, 3.05) is 83.8 Å². The highest BCUT2D eigenvalue weighted by atomic mass is 16.2. The van der Waals surface area contributed by atoms with Crippen LogP contribution in [-0.2, 0) is 29.0 Å². The van der Waals surface area contributed by atoms with Gasteiger partial charge in [-0.2, -0.15) is 0 Å². The Morgan fingerprint density at radius 3 is 1.53 bits per heavy atom. The summed E-state index contributed by atoms with van der Waals surface area (Å²) in [6, 6.07) is 37.1. The smallest absolute Gasteiger partial charge is 0.226 e. The number of amides is 2. The van der Waals surface area contributed by atoms with Gasteiger partial charge in [-0.05, 0) is 120 Å². The van der Waals surface area contributed by atoms with Crippen molar-refractivity contribution in [2.24, 2.45) is 5.11 Å². The maximum absolute atomic E-state index is 12.7. The second-order valence-electron chi connectivity index (χ2n) is 17.9. The highest BCUT2D eigenvalue weighted by molar-refractivity contribution is 5.94. The Morgan fingerprint density at radius 1 is 0.691 bits per heavy atom. The van der Waals surface area contributed by atoms with Crippen molar-refractivity contribution in [2.45, 2.75) is 83.8 Å². The van der Waals surface area contributed by atoms with Crippen LogP contribution in [0.5, 0.6) is 0 Å². The van der Waals surface area contributed by atoms with Gasteiger partial charge in [-0.25, -0.2) is 4.68 Å². The first kappa shape index (κ1) is 52.6. The zero-order valence-corrected chi connectivity index (χ0v) is 41.2. The molecule has 5 aromatic rings. The van der Waals surface area contributed by atoms with E-state index in [9.17, 15) is 9.59 Å². The fourth-order valence-corrected chi connectivity index (χ4v) is 8.61. The van der Waals surface area contributed by atoms with E-state index >= 15 is 0 Å². The molecule has 2 amide bonds. The third-order valence-electron chi connectivity index (χ3n) is 12.2. The maximum atomic E-state index is 12.7. The van der Waals surface area contributed by atoms with Gasteiger partial charge in [-0.3, -0.25) is 14.5 Å². The number of para-hydroxylation sites is 2. The lowest BCUT2D eigenvalue weighted by atomic mass is 10.0. The van der Waals surface area contributed by atoms with E-state index in [0.717, 1.165) is 114 Å². The minimum atomic E-state index is 0.199. The number of azide groups is 1. The third kappa shape index (κ3) is 16.8. The molecule has 4 aromatic carbocycles. The van der Waals surface area contributed by atoms with Crippen LogP contribution in [0.15, 0.2) is 121 Å². The summed E-state index contributed by atoms with van der Waals surface area (Å²) in [6.07, 6.45) is 14.0. The normalized spacial score (nSPS) is 14.5. The maximum Gasteiger partial charge on any atom is 0.226 e. The predicted octanol–water partition coefficient (Wildman–Crippen LogP) is 9.04. The van der Waals surface area contributed by atoms with Gasteiger partial charge in [0.25, 0.3) is 0 Å². The van der Waals surface area contributed by atoms with Crippen LogP contribution >= 0.6 is 0 Å². The van der Waals surface area contributed by atoms with Gasteiger partial charge in [0.05, 0.1) is 24.1 Å². The fourth-order valence-electron chi connectivity index (χ4n) is 8.61. The summed E-state index contributed by atoms with van der Waals surface area (Å²) in [5.74, 6) is 2.91. The zero-order chi connectivity index (χ0) is 48.7. The molecule has 2 fully saturated rings. The standard InChI is InChI=1S/C27H36N6O.C22H27N5O.C5H9N/c1-4-27(34)33(25-8-6-5-7-9-25)26-15-18-31(19-16-26)17-14-22-10-12-24(13-11-22)32-21-23(28-29-32)20-30(2)3;1-2-22(28)27(20-6-4-3-5-7-20)21-13-16-26(17-14-21)15-12-18-8-10-19(11-9-18)24-25-23;1-4-5-6(2)3/h5-13,21,26H,4,14-20H2,1-3H3;3-11,21H,2,12-17H2,1H3;1H,5H2,2-3H3. The number of hydrogen-bond acceptors (Lipinski definition) is 9. The Morgan fingerprint density at radius 2 is 1.15 bits per heavy atom. The highest BCUT2D eigenvalue weighted by Gasteiger charge is 2.29. The summed E-state index contributed by atoms with van der Waals surface area (Å²) in [5, 5.41) is 12.1. The lowest BCUT2D eigenvalue weighted by Crippen LogP contribution is -2.47. The molecular formula is C54H72N12O2. The minimum absolute atomic E-state index is 0.199. The zero-order valence-electron chi connectivity index (χ0n) is 41.2. The molecule has 3 heterocycles. The molecule has 68 heavy (non-hydrogen) atoms. The second-order valence-corrected chi connectivity index (χ2v) is 17.9. The predicted molar refractivity (Wildman–Crippen MR) is 276 cm³/mol. The number of benzene rings is 4. The Bertz CT molecular complexity index is 2320. The molecule has 0 radical (unpaired) electrons. The molecule has 0 spiro atoms. The number of carbonyl (C=O) groups excluding carboxylic acids is 2. The molecular weight excluding hydrogens is 849 g/mol. The summed E-state index contributed by atoms with van der Waals surface area (Å²) in [6.45, 7) is 11.5. The van der Waals surface area contributed by atoms with E-state index in [4.69, 9.17) is 12.0 Å². The van der Waals surface area contributed by atoms with Gasteiger partial charge >= 0.3 is 0 Å². The van der Waals surface area contributed by atoms with Crippen LogP contribution in [0.2, 0.25) is 0 Å². The van der Waals surface area contributed by atoms with Gasteiger partial charge in [-0.15, -0.1) is 11.5 Å². The van der Waals surface area contributed by atoms with Crippen LogP contribution in [0.1, 0.15) is 69.2 Å². The van der Waals surface area contributed by atoms with Crippen molar-refractivity contribution >= 4 is 28.9 Å². The summed E-state index contributed by atoms with van der Waals surface area (Å²) in [4.78, 5) is 41.1. The highest BCUT2D eigenvalue weighted by Crippen LogP contribution is 2.27. The summed E-state index contributed by atoms with van der Waals surface area (Å²) < 4.78 is 1.84. The molecule has 0 unspecified atom stereocenters. The molecule has 1 aromatic heterocycles. The van der Waals surface area contributed by atoms with Crippen molar-refractivity contribution in [1.82, 2.24) is 34.6 Å². The van der Waals surface area contributed by atoms with Crippen molar-refractivity contribution in [1.29, 1.82) is 0 Å². The quantitative estimate of drug-likeness (QED) is 0.0391. The number of nitrogens with zero attached hydrogens (tertiary/aromatic N) is 12. The topological polar surface area (TPSA) is 133 Å². The summed E-state index contributed by atoms with van der Waals surface area (Å²) >= 11 is 0. The van der Waals surface area contributed by atoms with Gasteiger partial charge in [-0.1, -0.05) is 103 Å². The van der Waals surface area contributed by atoms with E-state index in [2.05, 4.69) is 65.2 Å². The second kappa shape index (κ2) is 28.1. The van der Waals surface area contributed by atoms with Crippen molar-refractivity contribution in [3.63, 3.8) is 0 Å². The monoisotopic (exact) mass is 921 g/mol. The molecule has 2 aliphatic heterocycles. The number of hydrogen-bond donors (Lipinski definition) is 0. The number of rotatable bonds is 17. The van der Waals surface area contributed by atoms with Gasteiger partial charge in [0.1, 0.15) is 0 Å². The van der Waals surface area contributed by atoms with Crippen molar-refractivity contribution in [3.8, 4) is 18.0 Å². The van der Waals surface area contributed by atoms with E-state index in [1.54, 1.807) is 0 Å². The Hall–Kier alpha value is -6.33. The number of terminal acetylenes is 1. The third-order valence-corrected chi connectivity index (χ3v) is 12.2. The Balaban J connectivity index is 0.000000230. The van der Waals surface area contributed by atoms with Crippen LogP contribution in [0, 0.1) is 12.3 Å².